The van der Waals surface area contributed by atoms with Gasteiger partial charge >= 0.3 is 17.4 Å². The van der Waals surface area contributed by atoms with E-state index in [9.17, 15) is 20.5 Å². The predicted molar refractivity (Wildman–Crippen MR) is 88.9 cm³/mol. The van der Waals surface area contributed by atoms with Crippen LogP contribution in [0.25, 0.3) is 11.0 Å². The minimum atomic E-state index is -0.606. The van der Waals surface area contributed by atoms with E-state index in [2.05, 4.69) is 5.32 Å². The highest BCUT2D eigenvalue weighted by Gasteiger charge is 2.30. The van der Waals surface area contributed by atoms with Crippen LogP contribution in [-0.2, 0) is 0 Å². The van der Waals surface area contributed by atoms with E-state index in [0.29, 0.717) is 4.88 Å². The SMILES string of the molecule is N#Cc1c(NC(=O)c2cccs2)[n+]([O-])c2cc(Cl)c(Cl)cc2[n+]1[O-]. The van der Waals surface area contributed by atoms with Gasteiger partial charge in [-0.25, -0.2) is 9.52 Å². The maximum Gasteiger partial charge on any atom is 0.386 e. The number of halogens is 2. The second-order valence-corrected chi connectivity index (χ2v) is 6.35. The van der Waals surface area contributed by atoms with Gasteiger partial charge < -0.3 is 10.4 Å². The highest BCUT2D eigenvalue weighted by molar-refractivity contribution is 7.12. The van der Waals surface area contributed by atoms with Gasteiger partial charge in [-0.15, -0.1) is 16.1 Å². The third-order valence-electron chi connectivity index (χ3n) is 3.17. The van der Waals surface area contributed by atoms with E-state index < -0.39 is 17.4 Å². The maximum absolute atomic E-state index is 12.5. The van der Waals surface area contributed by atoms with E-state index in [1.807, 2.05) is 0 Å². The molecule has 0 unspecified atom stereocenters. The number of benzene rings is 1. The molecule has 1 amide bonds. The van der Waals surface area contributed by atoms with Crippen LogP contribution in [0.5, 0.6) is 0 Å². The van der Waals surface area contributed by atoms with Crippen molar-refractivity contribution in [3.8, 4) is 6.07 Å². The molecule has 3 aromatic rings. The van der Waals surface area contributed by atoms with Gasteiger partial charge in [0.05, 0.1) is 10.0 Å². The summed E-state index contributed by atoms with van der Waals surface area (Å²) in [7, 11) is 0. The number of thiophene rings is 1. The maximum atomic E-state index is 12.5. The van der Waals surface area contributed by atoms with Gasteiger partial charge in [0.25, 0.3) is 5.52 Å². The quantitative estimate of drug-likeness (QED) is 0.544. The normalized spacial score (nSPS) is 10.5. The van der Waals surface area contributed by atoms with Gasteiger partial charge in [-0.05, 0) is 11.4 Å². The lowest BCUT2D eigenvalue weighted by Gasteiger charge is -2.13. The number of nitrogens with zero attached hydrogens (tertiary/aromatic N) is 3. The average molecular weight is 381 g/mol. The Bertz CT molecular complexity index is 1020. The van der Waals surface area contributed by atoms with Crippen LogP contribution >= 0.6 is 34.5 Å². The lowest BCUT2D eigenvalue weighted by atomic mass is 10.2. The lowest BCUT2D eigenvalue weighted by Crippen LogP contribution is -2.44. The number of carbonyl (C=O) groups is 1. The van der Waals surface area contributed by atoms with Gasteiger partial charge in [0.2, 0.25) is 5.52 Å². The van der Waals surface area contributed by atoms with E-state index >= 15 is 0 Å². The fourth-order valence-corrected chi connectivity index (χ4v) is 3.00. The molecule has 0 saturated carbocycles. The van der Waals surface area contributed by atoms with E-state index in [4.69, 9.17) is 23.2 Å². The number of rotatable bonds is 2. The number of anilines is 1. The molecule has 0 aliphatic rings. The molecule has 1 N–H and O–H groups in total. The molecule has 0 spiro atoms. The molecule has 1 aromatic carbocycles. The van der Waals surface area contributed by atoms with Gasteiger partial charge in [0.1, 0.15) is 4.88 Å². The summed E-state index contributed by atoms with van der Waals surface area (Å²) in [5, 5.41) is 38.2. The summed E-state index contributed by atoms with van der Waals surface area (Å²) in [6, 6.07) is 7.21. The molecule has 0 aliphatic carbocycles. The van der Waals surface area contributed by atoms with Crippen LogP contribution in [0, 0.1) is 21.7 Å². The van der Waals surface area contributed by atoms with Crippen molar-refractivity contribution < 1.29 is 14.3 Å². The monoisotopic (exact) mass is 380 g/mol. The van der Waals surface area contributed by atoms with Crippen molar-refractivity contribution in [3.05, 3.63) is 60.7 Å². The van der Waals surface area contributed by atoms with Crippen molar-refractivity contribution in [1.29, 1.82) is 5.26 Å². The summed E-state index contributed by atoms with van der Waals surface area (Å²) >= 11 is 12.9. The highest BCUT2D eigenvalue weighted by Crippen LogP contribution is 2.26. The van der Waals surface area contributed by atoms with Crippen LogP contribution in [0.15, 0.2) is 29.6 Å². The summed E-state index contributed by atoms with van der Waals surface area (Å²) in [6.45, 7) is 0. The fourth-order valence-electron chi connectivity index (χ4n) is 2.07. The zero-order chi connectivity index (χ0) is 17.4. The summed E-state index contributed by atoms with van der Waals surface area (Å²) in [6.07, 6.45) is 0. The number of nitriles is 1. The largest absolute Gasteiger partial charge is 0.710 e. The number of aromatic nitrogens is 2. The van der Waals surface area contributed by atoms with Crippen molar-refractivity contribution in [1.82, 2.24) is 0 Å². The molecular weight excluding hydrogens is 375 g/mol. The summed E-state index contributed by atoms with van der Waals surface area (Å²) in [5.74, 6) is -1.08. The fraction of sp³-hybridized carbons (Fsp3) is 0. The molecule has 0 fully saturated rings. The van der Waals surface area contributed by atoms with Crippen molar-refractivity contribution in [2.45, 2.75) is 0 Å². The van der Waals surface area contributed by atoms with E-state index in [1.54, 1.807) is 23.6 Å². The van der Waals surface area contributed by atoms with Crippen molar-refractivity contribution >= 4 is 57.3 Å². The molecule has 0 bridgehead atoms. The molecule has 0 saturated heterocycles. The number of amides is 1. The number of carbonyl (C=O) groups excluding carboxylic acids is 1. The van der Waals surface area contributed by atoms with Crippen LogP contribution in [0.4, 0.5) is 5.82 Å². The Kier molecular flexibility index (Phi) is 4.15. The third-order valence-corrected chi connectivity index (χ3v) is 4.76. The van der Waals surface area contributed by atoms with Gasteiger partial charge in [0.15, 0.2) is 6.07 Å². The lowest BCUT2D eigenvalue weighted by molar-refractivity contribution is -0.620. The molecule has 0 atom stereocenters. The van der Waals surface area contributed by atoms with Crippen LogP contribution in [0.1, 0.15) is 15.4 Å². The second kappa shape index (κ2) is 6.13. The van der Waals surface area contributed by atoms with Crippen molar-refractivity contribution in [2.75, 3.05) is 5.32 Å². The first-order valence-corrected chi connectivity index (χ1v) is 8.00. The molecule has 24 heavy (non-hydrogen) atoms. The third kappa shape index (κ3) is 2.59. The first kappa shape index (κ1) is 16.3. The molecular formula is C14H6Cl2N4O3S. The first-order valence-electron chi connectivity index (χ1n) is 6.37. The van der Waals surface area contributed by atoms with E-state index in [1.165, 1.54) is 12.1 Å². The van der Waals surface area contributed by atoms with Gasteiger partial charge in [-0.1, -0.05) is 29.3 Å². The zero-order valence-corrected chi connectivity index (χ0v) is 13.9. The predicted octanol–water partition coefficient (Wildman–Crippen LogP) is 2.60. The highest BCUT2D eigenvalue weighted by atomic mass is 35.5. The summed E-state index contributed by atoms with van der Waals surface area (Å²) in [4.78, 5) is 12.5. The Hall–Kier alpha value is -2.60. The zero-order valence-electron chi connectivity index (χ0n) is 11.6. The molecule has 120 valence electrons. The van der Waals surface area contributed by atoms with Gasteiger partial charge in [-0.2, -0.15) is 10.6 Å². The first-order chi connectivity index (χ1) is 11.4. The number of hydrogen-bond acceptors (Lipinski definition) is 5. The molecule has 0 aliphatic heterocycles. The van der Waals surface area contributed by atoms with Crippen LogP contribution in [-0.4, -0.2) is 5.91 Å². The Morgan fingerprint density at radius 2 is 1.83 bits per heavy atom. The number of hydrogen-bond donors (Lipinski definition) is 1. The van der Waals surface area contributed by atoms with Crippen LogP contribution < -0.4 is 14.8 Å². The molecule has 2 aromatic heterocycles. The Morgan fingerprint density at radius 3 is 2.38 bits per heavy atom. The van der Waals surface area contributed by atoms with Crippen molar-refractivity contribution in [3.63, 3.8) is 0 Å². The number of fused-ring (bicyclic) bond motifs is 1. The van der Waals surface area contributed by atoms with Gasteiger partial charge in [-0.3, -0.25) is 0 Å². The number of nitrogens with one attached hydrogen (secondary N) is 1. The van der Waals surface area contributed by atoms with Gasteiger partial charge in [0, 0.05) is 12.1 Å². The van der Waals surface area contributed by atoms with Crippen molar-refractivity contribution in [2.24, 2.45) is 0 Å². The second-order valence-electron chi connectivity index (χ2n) is 4.58. The standard InChI is InChI=1S/C14H6Cl2N4O3S/c15-7-4-9-10(5-8(7)16)20(23)13(11(6-17)19(9)22)18-14(21)12-2-1-3-24-12/h1-5H,(H,18,21). The molecule has 10 heteroatoms. The van der Waals surface area contributed by atoms with Crippen LogP contribution in [0.3, 0.4) is 0 Å². The molecule has 2 heterocycles. The molecule has 0 radical (unpaired) electrons. The Balaban J connectivity index is 2.24. The summed E-state index contributed by atoms with van der Waals surface area (Å²) < 4.78 is 0.506. The minimum Gasteiger partial charge on any atom is -0.710 e. The van der Waals surface area contributed by atoms with Crippen LogP contribution in [0.2, 0.25) is 10.0 Å². The average Bonchev–Trinajstić information content (AvgIpc) is 3.09. The molecule has 3 rings (SSSR count). The minimum absolute atomic E-state index is 0.0630. The Labute approximate surface area is 149 Å². The molecule has 7 nitrogen and oxygen atoms in total. The Morgan fingerprint density at radius 1 is 1.21 bits per heavy atom. The van der Waals surface area contributed by atoms with E-state index in [0.717, 1.165) is 11.3 Å². The smallest absolute Gasteiger partial charge is 0.386 e. The summed E-state index contributed by atoms with van der Waals surface area (Å²) in [5.41, 5.74) is -0.814. The van der Waals surface area contributed by atoms with E-state index in [-0.39, 0.29) is 30.5 Å². The topological polar surface area (TPSA) is 107 Å².